The molecule has 1 saturated heterocycles. The first kappa shape index (κ1) is 16.7. The third-order valence-electron chi connectivity index (χ3n) is 4.93. The van der Waals surface area contributed by atoms with Crippen molar-refractivity contribution in [2.24, 2.45) is 17.0 Å². The molecule has 1 aromatic carbocycles. The van der Waals surface area contributed by atoms with E-state index in [1.807, 2.05) is 12.1 Å². The molecule has 1 unspecified atom stereocenters. The maximum Gasteiger partial charge on any atom is 0.168 e. The van der Waals surface area contributed by atoms with Gasteiger partial charge in [0.25, 0.3) is 0 Å². The van der Waals surface area contributed by atoms with Gasteiger partial charge in [-0.25, -0.2) is 0 Å². The van der Waals surface area contributed by atoms with E-state index >= 15 is 0 Å². The van der Waals surface area contributed by atoms with Gasteiger partial charge in [-0.3, -0.25) is 0 Å². The number of rotatable bonds is 7. The van der Waals surface area contributed by atoms with Gasteiger partial charge in [0.1, 0.15) is 0 Å². The lowest BCUT2D eigenvalue weighted by Gasteiger charge is -2.17. The molecular formula is C20H27NO4. The van der Waals surface area contributed by atoms with Crippen LogP contribution in [-0.2, 0) is 9.57 Å². The summed E-state index contributed by atoms with van der Waals surface area (Å²) in [6.07, 6.45) is 4.25. The SMILES string of the molecule is CC(C)COc1cc(C2=NOC3(CCOC3)C2)ccc1OCC1CC1. The largest absolute Gasteiger partial charge is 0.489 e. The molecule has 25 heavy (non-hydrogen) atoms. The summed E-state index contributed by atoms with van der Waals surface area (Å²) in [6.45, 7) is 7.12. The fourth-order valence-electron chi connectivity index (χ4n) is 3.14. The fraction of sp³-hybridized carbons (Fsp3) is 0.650. The highest BCUT2D eigenvalue weighted by Gasteiger charge is 2.43. The Morgan fingerprint density at radius 3 is 2.84 bits per heavy atom. The van der Waals surface area contributed by atoms with Gasteiger partial charge < -0.3 is 19.0 Å². The molecule has 3 aliphatic rings. The summed E-state index contributed by atoms with van der Waals surface area (Å²) in [5.41, 5.74) is 1.75. The normalized spacial score (nSPS) is 25.3. The zero-order chi connectivity index (χ0) is 17.3. The van der Waals surface area contributed by atoms with Gasteiger partial charge >= 0.3 is 0 Å². The Morgan fingerprint density at radius 1 is 1.24 bits per heavy atom. The monoisotopic (exact) mass is 345 g/mol. The maximum atomic E-state index is 6.02. The van der Waals surface area contributed by atoms with E-state index < -0.39 is 0 Å². The molecular weight excluding hydrogens is 318 g/mol. The van der Waals surface area contributed by atoms with E-state index in [4.69, 9.17) is 19.0 Å². The third kappa shape index (κ3) is 3.92. The zero-order valence-electron chi connectivity index (χ0n) is 15.1. The van der Waals surface area contributed by atoms with Gasteiger partial charge in [0, 0.05) is 18.4 Å². The smallest absolute Gasteiger partial charge is 0.168 e. The van der Waals surface area contributed by atoms with Gasteiger partial charge in [-0.05, 0) is 42.9 Å². The number of hydrogen-bond acceptors (Lipinski definition) is 5. The first-order chi connectivity index (χ1) is 12.1. The minimum atomic E-state index is -0.255. The van der Waals surface area contributed by atoms with Crippen LogP contribution in [0.3, 0.4) is 0 Å². The molecule has 5 heteroatoms. The van der Waals surface area contributed by atoms with Crippen molar-refractivity contribution < 1.29 is 19.0 Å². The highest BCUT2D eigenvalue weighted by atomic mass is 16.7. The topological polar surface area (TPSA) is 49.3 Å². The maximum absolute atomic E-state index is 6.02. The van der Waals surface area contributed by atoms with Crippen molar-refractivity contribution >= 4 is 5.71 Å². The lowest BCUT2D eigenvalue weighted by atomic mass is 9.93. The standard InChI is InChI=1S/C20H27NO4/c1-14(2)11-23-19-9-16(5-6-18(19)24-12-15-3-4-15)17-10-20(25-21-17)7-8-22-13-20/h5-6,9,14-15H,3-4,7-8,10-13H2,1-2H3. The summed E-state index contributed by atoms with van der Waals surface area (Å²) in [4.78, 5) is 5.71. The van der Waals surface area contributed by atoms with E-state index in [-0.39, 0.29) is 5.60 Å². The molecule has 0 amide bonds. The molecule has 2 aliphatic heterocycles. The molecule has 0 N–H and O–H groups in total. The molecule has 1 aromatic rings. The molecule has 1 saturated carbocycles. The summed E-state index contributed by atoms with van der Waals surface area (Å²) in [6, 6.07) is 6.11. The lowest BCUT2D eigenvalue weighted by molar-refractivity contribution is -0.0237. The van der Waals surface area contributed by atoms with Crippen LogP contribution in [0.25, 0.3) is 0 Å². The van der Waals surface area contributed by atoms with Crippen molar-refractivity contribution in [3.05, 3.63) is 23.8 Å². The van der Waals surface area contributed by atoms with Crippen molar-refractivity contribution in [1.82, 2.24) is 0 Å². The van der Waals surface area contributed by atoms with Crippen LogP contribution in [0.1, 0.15) is 45.1 Å². The van der Waals surface area contributed by atoms with E-state index in [1.165, 1.54) is 12.8 Å². The quantitative estimate of drug-likeness (QED) is 0.754. The van der Waals surface area contributed by atoms with E-state index in [0.29, 0.717) is 25.0 Å². The molecule has 136 valence electrons. The van der Waals surface area contributed by atoms with E-state index in [2.05, 4.69) is 25.1 Å². The second-order valence-electron chi connectivity index (χ2n) is 7.91. The Balaban J connectivity index is 1.50. The number of nitrogens with zero attached hydrogens (tertiary/aromatic N) is 1. The van der Waals surface area contributed by atoms with Crippen LogP contribution in [0.2, 0.25) is 0 Å². The Kier molecular flexibility index (Phi) is 4.59. The number of oxime groups is 1. The van der Waals surface area contributed by atoms with E-state index in [0.717, 1.165) is 48.8 Å². The average molecular weight is 345 g/mol. The van der Waals surface area contributed by atoms with Crippen molar-refractivity contribution in [3.8, 4) is 11.5 Å². The minimum absolute atomic E-state index is 0.255. The summed E-state index contributed by atoms with van der Waals surface area (Å²) >= 11 is 0. The lowest BCUT2D eigenvalue weighted by Crippen LogP contribution is -2.29. The first-order valence-corrected chi connectivity index (χ1v) is 9.36. The van der Waals surface area contributed by atoms with Crippen molar-refractivity contribution in [3.63, 3.8) is 0 Å². The molecule has 4 rings (SSSR count). The van der Waals surface area contributed by atoms with Crippen LogP contribution < -0.4 is 9.47 Å². The summed E-state index contributed by atoms with van der Waals surface area (Å²) < 4.78 is 17.5. The van der Waals surface area contributed by atoms with Crippen LogP contribution in [0, 0.1) is 11.8 Å². The highest BCUT2D eigenvalue weighted by molar-refractivity contribution is 6.02. The van der Waals surface area contributed by atoms with Crippen molar-refractivity contribution in [1.29, 1.82) is 0 Å². The van der Waals surface area contributed by atoms with E-state index in [1.54, 1.807) is 0 Å². The van der Waals surface area contributed by atoms with Crippen molar-refractivity contribution in [2.75, 3.05) is 26.4 Å². The van der Waals surface area contributed by atoms with Gasteiger partial charge in [-0.1, -0.05) is 19.0 Å². The Hall–Kier alpha value is -1.75. The molecule has 2 fully saturated rings. The predicted molar refractivity (Wildman–Crippen MR) is 95.4 cm³/mol. The molecule has 1 aliphatic carbocycles. The highest BCUT2D eigenvalue weighted by Crippen LogP contribution is 2.37. The molecule has 5 nitrogen and oxygen atoms in total. The number of ether oxygens (including phenoxy) is 3. The van der Waals surface area contributed by atoms with Gasteiger partial charge in [-0.15, -0.1) is 0 Å². The molecule has 0 bridgehead atoms. The fourth-order valence-corrected chi connectivity index (χ4v) is 3.14. The van der Waals surface area contributed by atoms with Gasteiger partial charge in [0.05, 0.1) is 32.1 Å². The minimum Gasteiger partial charge on any atom is -0.489 e. The molecule has 2 heterocycles. The van der Waals surface area contributed by atoms with Crippen LogP contribution in [0.15, 0.2) is 23.4 Å². The summed E-state index contributed by atoms with van der Waals surface area (Å²) in [7, 11) is 0. The second-order valence-corrected chi connectivity index (χ2v) is 7.91. The molecule has 1 atom stereocenters. The van der Waals surface area contributed by atoms with Gasteiger partial charge in [0.2, 0.25) is 0 Å². The van der Waals surface area contributed by atoms with Crippen LogP contribution in [0.5, 0.6) is 11.5 Å². The van der Waals surface area contributed by atoms with Gasteiger partial charge in [-0.2, -0.15) is 0 Å². The Labute approximate surface area is 149 Å². The number of hydrogen-bond donors (Lipinski definition) is 0. The first-order valence-electron chi connectivity index (χ1n) is 9.36. The number of benzene rings is 1. The second kappa shape index (κ2) is 6.87. The Morgan fingerprint density at radius 2 is 2.12 bits per heavy atom. The van der Waals surface area contributed by atoms with Gasteiger partial charge in [0.15, 0.2) is 17.1 Å². The Bertz CT molecular complexity index is 645. The average Bonchev–Trinajstić information content (AvgIpc) is 3.17. The van der Waals surface area contributed by atoms with Crippen molar-refractivity contribution in [2.45, 2.75) is 45.1 Å². The van der Waals surface area contributed by atoms with Crippen LogP contribution in [-0.4, -0.2) is 37.7 Å². The van der Waals surface area contributed by atoms with Crippen LogP contribution >= 0.6 is 0 Å². The molecule has 1 spiro atoms. The van der Waals surface area contributed by atoms with Crippen LogP contribution in [0.4, 0.5) is 0 Å². The summed E-state index contributed by atoms with van der Waals surface area (Å²) in [5.74, 6) is 2.81. The third-order valence-corrected chi connectivity index (χ3v) is 4.93. The molecule has 0 aromatic heterocycles. The molecule has 0 radical (unpaired) electrons. The van der Waals surface area contributed by atoms with E-state index in [9.17, 15) is 0 Å². The summed E-state index contributed by atoms with van der Waals surface area (Å²) in [5, 5.41) is 4.33. The zero-order valence-corrected chi connectivity index (χ0v) is 15.1. The predicted octanol–water partition coefficient (Wildman–Crippen LogP) is 3.79.